The highest BCUT2D eigenvalue weighted by atomic mass is 35.5. The zero-order valence-corrected chi connectivity index (χ0v) is 14.8. The Labute approximate surface area is 146 Å². The maximum absolute atomic E-state index is 11.8. The number of thioether (sulfide) groups is 1. The van der Waals surface area contributed by atoms with E-state index in [1.54, 1.807) is 23.9 Å². The number of carbonyl (C=O) groups is 1. The summed E-state index contributed by atoms with van der Waals surface area (Å²) in [6, 6.07) is 13.7. The van der Waals surface area contributed by atoms with Crippen LogP contribution in [0.5, 0.6) is 5.75 Å². The van der Waals surface area contributed by atoms with Crippen molar-refractivity contribution in [2.75, 3.05) is 18.9 Å². The van der Waals surface area contributed by atoms with Gasteiger partial charge in [0.2, 0.25) is 0 Å². The molecule has 0 saturated carbocycles. The minimum Gasteiger partial charge on any atom is -0.484 e. The van der Waals surface area contributed by atoms with Crippen LogP contribution in [0.1, 0.15) is 11.1 Å². The molecule has 1 N–H and O–H groups in total. The van der Waals surface area contributed by atoms with E-state index in [-0.39, 0.29) is 12.5 Å². The molecule has 0 radical (unpaired) electrons. The van der Waals surface area contributed by atoms with Crippen molar-refractivity contribution in [3.05, 3.63) is 58.6 Å². The summed E-state index contributed by atoms with van der Waals surface area (Å²) in [5, 5.41) is 3.54. The van der Waals surface area contributed by atoms with E-state index < -0.39 is 0 Å². The summed E-state index contributed by atoms with van der Waals surface area (Å²) in [6.07, 6.45) is 0. The Kier molecular flexibility index (Phi) is 6.81. The van der Waals surface area contributed by atoms with Crippen molar-refractivity contribution in [1.29, 1.82) is 0 Å². The van der Waals surface area contributed by atoms with Crippen LogP contribution >= 0.6 is 23.4 Å². The lowest BCUT2D eigenvalue weighted by Gasteiger charge is -2.08. The first-order valence-electron chi connectivity index (χ1n) is 7.40. The monoisotopic (exact) mass is 349 g/mol. The molecule has 0 aliphatic rings. The zero-order valence-electron chi connectivity index (χ0n) is 13.3. The Hall–Kier alpha value is -1.65. The van der Waals surface area contributed by atoms with E-state index in [2.05, 4.69) is 36.5 Å². The van der Waals surface area contributed by atoms with Crippen molar-refractivity contribution >= 4 is 29.3 Å². The highest BCUT2D eigenvalue weighted by Crippen LogP contribution is 2.21. The number of benzene rings is 2. The van der Waals surface area contributed by atoms with Gasteiger partial charge in [-0.25, -0.2) is 0 Å². The van der Waals surface area contributed by atoms with Crippen LogP contribution in [-0.4, -0.2) is 24.8 Å². The van der Waals surface area contributed by atoms with Gasteiger partial charge in [-0.05, 0) is 49.7 Å². The number of hydrogen-bond donors (Lipinski definition) is 1. The largest absolute Gasteiger partial charge is 0.484 e. The molecule has 0 saturated heterocycles. The molecule has 0 spiro atoms. The third-order valence-electron chi connectivity index (χ3n) is 3.21. The highest BCUT2D eigenvalue weighted by Gasteiger charge is 2.04. The fourth-order valence-electron chi connectivity index (χ4n) is 1.90. The van der Waals surface area contributed by atoms with Crippen LogP contribution in [0.15, 0.2) is 47.4 Å². The number of rotatable bonds is 7. The van der Waals surface area contributed by atoms with Gasteiger partial charge >= 0.3 is 0 Å². The number of ether oxygens (including phenoxy) is 1. The third kappa shape index (κ3) is 6.16. The maximum Gasteiger partial charge on any atom is 0.257 e. The Morgan fingerprint density at radius 1 is 1.17 bits per heavy atom. The molecule has 2 aromatic carbocycles. The molecule has 0 heterocycles. The Balaban J connectivity index is 1.65. The highest BCUT2D eigenvalue weighted by molar-refractivity contribution is 7.99. The first kappa shape index (κ1) is 17.7. The molecule has 0 aliphatic carbocycles. The molecule has 23 heavy (non-hydrogen) atoms. The van der Waals surface area contributed by atoms with Gasteiger partial charge in [0, 0.05) is 22.2 Å². The minimum atomic E-state index is -0.123. The van der Waals surface area contributed by atoms with Crippen LogP contribution in [0.4, 0.5) is 0 Å². The number of halogens is 1. The van der Waals surface area contributed by atoms with Crippen LogP contribution in [0.3, 0.4) is 0 Å². The summed E-state index contributed by atoms with van der Waals surface area (Å²) in [7, 11) is 0. The van der Waals surface area contributed by atoms with Crippen molar-refractivity contribution in [2.24, 2.45) is 0 Å². The van der Waals surface area contributed by atoms with E-state index in [9.17, 15) is 4.79 Å². The number of carbonyl (C=O) groups excluding carboxylic acids is 1. The van der Waals surface area contributed by atoms with Crippen LogP contribution in [-0.2, 0) is 4.79 Å². The molecule has 1 amide bonds. The quantitative estimate of drug-likeness (QED) is 0.600. The average molecular weight is 350 g/mol. The number of nitrogens with one attached hydrogen (secondary N) is 1. The van der Waals surface area contributed by atoms with E-state index in [0.29, 0.717) is 17.3 Å². The predicted molar refractivity (Wildman–Crippen MR) is 96.6 cm³/mol. The molecule has 2 aromatic rings. The van der Waals surface area contributed by atoms with Crippen LogP contribution in [0.2, 0.25) is 5.02 Å². The molecule has 0 atom stereocenters. The molecule has 3 nitrogen and oxygen atoms in total. The normalized spacial score (nSPS) is 10.4. The lowest BCUT2D eigenvalue weighted by molar-refractivity contribution is -0.122. The molecular formula is C18H20ClNO2S. The summed E-state index contributed by atoms with van der Waals surface area (Å²) in [6.45, 7) is 4.59. The van der Waals surface area contributed by atoms with Gasteiger partial charge in [0.1, 0.15) is 5.75 Å². The lowest BCUT2D eigenvalue weighted by Crippen LogP contribution is -2.30. The molecule has 2 rings (SSSR count). The molecule has 0 fully saturated rings. The van der Waals surface area contributed by atoms with Crippen molar-refractivity contribution in [1.82, 2.24) is 5.32 Å². The van der Waals surface area contributed by atoms with Gasteiger partial charge < -0.3 is 10.1 Å². The summed E-state index contributed by atoms with van der Waals surface area (Å²) in [5.41, 5.74) is 2.18. The number of amides is 1. The van der Waals surface area contributed by atoms with Crippen molar-refractivity contribution in [3.8, 4) is 5.75 Å². The molecule has 122 valence electrons. The van der Waals surface area contributed by atoms with Gasteiger partial charge in [0.05, 0.1) is 0 Å². The van der Waals surface area contributed by atoms with Crippen molar-refractivity contribution in [3.63, 3.8) is 0 Å². The molecular weight excluding hydrogens is 330 g/mol. The topological polar surface area (TPSA) is 38.3 Å². The van der Waals surface area contributed by atoms with E-state index in [0.717, 1.165) is 11.3 Å². The Morgan fingerprint density at radius 3 is 2.61 bits per heavy atom. The molecule has 0 bridgehead atoms. The zero-order chi connectivity index (χ0) is 16.7. The van der Waals surface area contributed by atoms with E-state index in [1.807, 2.05) is 13.0 Å². The van der Waals surface area contributed by atoms with Crippen LogP contribution in [0.25, 0.3) is 0 Å². The van der Waals surface area contributed by atoms with Gasteiger partial charge in [-0.1, -0.05) is 29.3 Å². The number of hydrogen-bond acceptors (Lipinski definition) is 3. The summed E-state index contributed by atoms with van der Waals surface area (Å²) in [5.74, 6) is 1.35. The number of aryl methyl sites for hydroxylation is 2. The van der Waals surface area contributed by atoms with Crippen molar-refractivity contribution < 1.29 is 9.53 Å². The summed E-state index contributed by atoms with van der Waals surface area (Å²) >= 11 is 7.67. The van der Waals surface area contributed by atoms with Gasteiger partial charge in [-0.15, -0.1) is 11.8 Å². The van der Waals surface area contributed by atoms with Crippen LogP contribution in [0, 0.1) is 13.8 Å². The second-order valence-corrected chi connectivity index (χ2v) is 6.79. The summed E-state index contributed by atoms with van der Waals surface area (Å²) in [4.78, 5) is 13.0. The van der Waals surface area contributed by atoms with Gasteiger partial charge in [-0.3, -0.25) is 4.79 Å². The smallest absolute Gasteiger partial charge is 0.257 e. The first-order valence-corrected chi connectivity index (χ1v) is 8.76. The SMILES string of the molecule is Cc1ccc(SCCNC(=O)COc2ccc(Cl)c(C)c2)cc1. The molecule has 0 aliphatic heterocycles. The second-order valence-electron chi connectivity index (χ2n) is 5.21. The fourth-order valence-corrected chi connectivity index (χ4v) is 2.79. The molecule has 0 unspecified atom stereocenters. The Morgan fingerprint density at radius 2 is 1.91 bits per heavy atom. The molecule has 5 heteroatoms. The Bertz CT molecular complexity index is 659. The van der Waals surface area contributed by atoms with E-state index >= 15 is 0 Å². The van der Waals surface area contributed by atoms with Gasteiger partial charge in [0.25, 0.3) is 5.91 Å². The standard InChI is InChI=1S/C18H20ClNO2S/c1-13-3-6-16(7-4-13)23-10-9-20-18(21)12-22-15-5-8-17(19)14(2)11-15/h3-8,11H,9-10,12H2,1-2H3,(H,20,21). The first-order chi connectivity index (χ1) is 11.0. The van der Waals surface area contributed by atoms with Crippen LogP contribution < -0.4 is 10.1 Å². The maximum atomic E-state index is 11.8. The van der Waals surface area contributed by atoms with Gasteiger partial charge in [-0.2, -0.15) is 0 Å². The van der Waals surface area contributed by atoms with Gasteiger partial charge in [0.15, 0.2) is 6.61 Å². The van der Waals surface area contributed by atoms with E-state index in [4.69, 9.17) is 16.3 Å². The van der Waals surface area contributed by atoms with Crippen molar-refractivity contribution in [2.45, 2.75) is 18.7 Å². The fraction of sp³-hybridized carbons (Fsp3) is 0.278. The average Bonchev–Trinajstić information content (AvgIpc) is 2.54. The third-order valence-corrected chi connectivity index (χ3v) is 4.65. The minimum absolute atomic E-state index is 0.0102. The van der Waals surface area contributed by atoms with E-state index in [1.165, 1.54) is 10.5 Å². The summed E-state index contributed by atoms with van der Waals surface area (Å²) < 4.78 is 5.45. The predicted octanol–water partition coefficient (Wildman–Crippen LogP) is 4.24. The molecule has 0 aromatic heterocycles. The second kappa shape index (κ2) is 8.85. The lowest BCUT2D eigenvalue weighted by atomic mass is 10.2.